The number of nitro benzene ring substituents is 1. The van der Waals surface area contributed by atoms with Crippen molar-refractivity contribution in [3.8, 4) is 0 Å². The molecule has 0 atom stereocenters. The Morgan fingerprint density at radius 1 is 1.48 bits per heavy atom. The fourth-order valence-corrected chi connectivity index (χ4v) is 1.92. The zero-order valence-corrected chi connectivity index (χ0v) is 11.5. The van der Waals surface area contributed by atoms with Gasteiger partial charge in [0.25, 0.3) is 5.69 Å². The molecule has 1 aromatic heterocycles. The van der Waals surface area contributed by atoms with E-state index in [1.54, 1.807) is 0 Å². The van der Waals surface area contributed by atoms with Gasteiger partial charge >= 0.3 is 5.76 Å². The van der Waals surface area contributed by atoms with E-state index in [1.807, 2.05) is 6.92 Å². The molecule has 2 aromatic rings. The highest BCUT2D eigenvalue weighted by atomic mass is 16.6. The van der Waals surface area contributed by atoms with Crippen LogP contribution in [0, 0.1) is 10.1 Å². The number of rotatable bonds is 6. The summed E-state index contributed by atoms with van der Waals surface area (Å²) in [6.07, 6.45) is 1.82. The second-order valence-electron chi connectivity index (χ2n) is 4.57. The van der Waals surface area contributed by atoms with Gasteiger partial charge in [0.05, 0.1) is 16.5 Å². The summed E-state index contributed by atoms with van der Waals surface area (Å²) in [7, 11) is 0. The van der Waals surface area contributed by atoms with Crippen molar-refractivity contribution in [2.75, 3.05) is 6.54 Å². The van der Waals surface area contributed by atoms with Crippen molar-refractivity contribution in [3.05, 3.63) is 38.9 Å². The molecule has 21 heavy (non-hydrogen) atoms. The minimum atomic E-state index is -0.712. The molecule has 0 fully saturated rings. The van der Waals surface area contributed by atoms with Crippen LogP contribution in [-0.4, -0.2) is 21.9 Å². The van der Waals surface area contributed by atoms with Gasteiger partial charge in [0.2, 0.25) is 5.91 Å². The fraction of sp³-hybridized carbons (Fsp3) is 0.385. The quantitative estimate of drug-likeness (QED) is 0.492. The van der Waals surface area contributed by atoms with Gasteiger partial charge in [-0.15, -0.1) is 0 Å². The van der Waals surface area contributed by atoms with Crippen LogP contribution < -0.4 is 11.1 Å². The first-order chi connectivity index (χ1) is 10.0. The molecule has 0 saturated carbocycles. The van der Waals surface area contributed by atoms with Crippen molar-refractivity contribution in [2.45, 2.75) is 26.3 Å². The minimum Gasteiger partial charge on any atom is -0.407 e. The number of fused-ring (bicyclic) bond motifs is 1. The average Bonchev–Trinajstić information content (AvgIpc) is 2.74. The lowest BCUT2D eigenvalue weighted by Crippen LogP contribution is -2.31. The molecule has 112 valence electrons. The summed E-state index contributed by atoms with van der Waals surface area (Å²) in [6, 6.07) is 3.84. The fourth-order valence-electron chi connectivity index (χ4n) is 1.92. The molecule has 0 aliphatic carbocycles. The van der Waals surface area contributed by atoms with Crippen molar-refractivity contribution in [3.63, 3.8) is 0 Å². The van der Waals surface area contributed by atoms with Crippen molar-refractivity contribution in [1.29, 1.82) is 0 Å². The molecule has 1 amide bonds. The van der Waals surface area contributed by atoms with Crippen LogP contribution in [0.1, 0.15) is 19.8 Å². The summed E-state index contributed by atoms with van der Waals surface area (Å²) in [6.45, 7) is 2.38. The Balaban J connectivity index is 2.24. The number of hydrogen-bond acceptors (Lipinski definition) is 5. The predicted molar refractivity (Wildman–Crippen MR) is 75.0 cm³/mol. The van der Waals surface area contributed by atoms with Crippen molar-refractivity contribution < 1.29 is 14.1 Å². The van der Waals surface area contributed by atoms with Gasteiger partial charge < -0.3 is 9.73 Å². The second-order valence-corrected chi connectivity index (χ2v) is 4.57. The topological polar surface area (TPSA) is 107 Å². The molecule has 0 saturated heterocycles. The van der Waals surface area contributed by atoms with Crippen molar-refractivity contribution in [2.24, 2.45) is 0 Å². The lowest BCUT2D eigenvalue weighted by Gasteiger charge is -2.04. The third kappa shape index (κ3) is 3.28. The van der Waals surface area contributed by atoms with Crippen LogP contribution in [0.15, 0.2) is 27.4 Å². The van der Waals surface area contributed by atoms with Gasteiger partial charge in [0, 0.05) is 12.6 Å². The van der Waals surface area contributed by atoms with E-state index >= 15 is 0 Å². The number of non-ortho nitro benzene ring substituents is 1. The molecule has 0 bridgehead atoms. The Bertz CT molecular complexity index is 731. The summed E-state index contributed by atoms with van der Waals surface area (Å²) in [5.41, 5.74) is 0.280. The molecule has 8 heteroatoms. The van der Waals surface area contributed by atoms with E-state index in [1.165, 1.54) is 18.2 Å². The molecule has 8 nitrogen and oxygen atoms in total. The number of aromatic nitrogens is 1. The molecule has 1 heterocycles. The zero-order chi connectivity index (χ0) is 15.4. The van der Waals surface area contributed by atoms with Gasteiger partial charge in [-0.1, -0.05) is 13.3 Å². The first kappa shape index (κ1) is 14.8. The normalized spacial score (nSPS) is 10.7. The second kappa shape index (κ2) is 6.21. The van der Waals surface area contributed by atoms with Crippen LogP contribution in [-0.2, 0) is 11.3 Å². The number of carbonyl (C=O) groups is 1. The van der Waals surface area contributed by atoms with Gasteiger partial charge in [-0.2, -0.15) is 0 Å². The highest BCUT2D eigenvalue weighted by Crippen LogP contribution is 2.19. The maximum atomic E-state index is 11.7. The number of carbonyl (C=O) groups excluding carboxylic acids is 1. The Kier molecular flexibility index (Phi) is 4.36. The first-order valence-corrected chi connectivity index (χ1v) is 6.57. The maximum Gasteiger partial charge on any atom is 0.420 e. The monoisotopic (exact) mass is 293 g/mol. The lowest BCUT2D eigenvalue weighted by molar-refractivity contribution is -0.384. The standard InChI is InChI=1S/C13H15N3O5/c1-2-3-6-14-12(17)8-15-10-5-4-9(16(19)20)7-11(10)21-13(15)18/h4-5,7H,2-3,6,8H2,1H3,(H,14,17). The van der Waals surface area contributed by atoms with Crippen LogP contribution in [0.2, 0.25) is 0 Å². The number of hydrogen-bond donors (Lipinski definition) is 1. The number of unbranched alkanes of at least 4 members (excludes halogenated alkanes) is 1. The summed E-state index contributed by atoms with van der Waals surface area (Å²) < 4.78 is 6.09. The smallest absolute Gasteiger partial charge is 0.407 e. The van der Waals surface area contributed by atoms with Crippen LogP contribution in [0.3, 0.4) is 0 Å². The van der Waals surface area contributed by atoms with E-state index in [0.29, 0.717) is 12.1 Å². The Labute approximate surface area is 119 Å². The number of nitrogens with one attached hydrogen (secondary N) is 1. The molecule has 0 radical (unpaired) electrons. The van der Waals surface area contributed by atoms with Gasteiger partial charge in [0.1, 0.15) is 6.54 Å². The minimum absolute atomic E-state index is 0.0931. The van der Waals surface area contributed by atoms with Crippen LogP contribution in [0.4, 0.5) is 5.69 Å². The van der Waals surface area contributed by atoms with Gasteiger partial charge in [-0.25, -0.2) is 4.79 Å². The Hall–Kier alpha value is -2.64. The number of oxazole rings is 1. The SMILES string of the molecule is CCCCNC(=O)Cn1c(=O)oc2cc([N+](=O)[O-])ccc21. The molecular formula is C13H15N3O5. The van der Waals surface area contributed by atoms with E-state index in [4.69, 9.17) is 4.42 Å². The summed E-state index contributed by atoms with van der Waals surface area (Å²) in [5.74, 6) is -1.01. The zero-order valence-electron chi connectivity index (χ0n) is 11.5. The molecule has 1 aromatic carbocycles. The molecule has 0 spiro atoms. The van der Waals surface area contributed by atoms with Gasteiger partial charge in [-0.3, -0.25) is 19.5 Å². The van der Waals surface area contributed by atoms with E-state index in [2.05, 4.69) is 5.32 Å². The average molecular weight is 293 g/mol. The first-order valence-electron chi connectivity index (χ1n) is 6.57. The van der Waals surface area contributed by atoms with Crippen molar-refractivity contribution in [1.82, 2.24) is 9.88 Å². The van der Waals surface area contributed by atoms with Gasteiger partial charge in [0.15, 0.2) is 5.58 Å². The van der Waals surface area contributed by atoms with E-state index < -0.39 is 10.7 Å². The Morgan fingerprint density at radius 3 is 2.90 bits per heavy atom. The number of amides is 1. The number of benzene rings is 1. The predicted octanol–water partition coefficient (Wildman–Crippen LogP) is 1.42. The van der Waals surface area contributed by atoms with Crippen molar-refractivity contribution >= 4 is 22.7 Å². The molecule has 1 N–H and O–H groups in total. The molecule has 0 aliphatic rings. The molecule has 0 aliphatic heterocycles. The summed E-state index contributed by atoms with van der Waals surface area (Å²) >= 11 is 0. The molecule has 2 rings (SSSR count). The highest BCUT2D eigenvalue weighted by Gasteiger charge is 2.15. The Morgan fingerprint density at radius 2 is 2.24 bits per heavy atom. The van der Waals surface area contributed by atoms with E-state index in [9.17, 15) is 19.7 Å². The summed E-state index contributed by atoms with van der Waals surface area (Å²) in [5, 5.41) is 13.4. The lowest BCUT2D eigenvalue weighted by atomic mass is 10.3. The number of nitrogens with zero attached hydrogens (tertiary/aromatic N) is 2. The number of nitro groups is 1. The summed E-state index contributed by atoms with van der Waals surface area (Å²) in [4.78, 5) is 33.6. The molecular weight excluding hydrogens is 278 g/mol. The highest BCUT2D eigenvalue weighted by molar-refractivity contribution is 5.80. The third-order valence-corrected chi connectivity index (χ3v) is 3.02. The molecule has 0 unspecified atom stereocenters. The van der Waals surface area contributed by atoms with Crippen LogP contribution >= 0.6 is 0 Å². The van der Waals surface area contributed by atoms with Crippen LogP contribution in [0.5, 0.6) is 0 Å². The van der Waals surface area contributed by atoms with E-state index in [0.717, 1.165) is 17.4 Å². The van der Waals surface area contributed by atoms with E-state index in [-0.39, 0.29) is 23.7 Å². The van der Waals surface area contributed by atoms with Gasteiger partial charge in [-0.05, 0) is 12.5 Å². The maximum absolute atomic E-state index is 11.7. The third-order valence-electron chi connectivity index (χ3n) is 3.02. The van der Waals surface area contributed by atoms with Crippen LogP contribution in [0.25, 0.3) is 11.1 Å². The largest absolute Gasteiger partial charge is 0.420 e.